The minimum atomic E-state index is -3.91. The number of phosphoric ester groups is 1. The molecule has 0 spiro atoms. The zero-order valence-corrected chi connectivity index (χ0v) is 13.2. The van der Waals surface area contributed by atoms with E-state index in [1.54, 1.807) is 18.2 Å². The van der Waals surface area contributed by atoms with Gasteiger partial charge >= 0.3 is 7.82 Å². The van der Waals surface area contributed by atoms with Gasteiger partial charge in [0.05, 0.1) is 33.7 Å². The predicted molar refractivity (Wildman–Crippen MR) is 80.0 cm³/mol. The molecule has 1 saturated heterocycles. The van der Waals surface area contributed by atoms with Crippen LogP contribution in [0.2, 0.25) is 0 Å². The van der Waals surface area contributed by atoms with Crippen LogP contribution in [0.15, 0.2) is 24.8 Å². The molecule has 0 aliphatic carbocycles. The van der Waals surface area contributed by atoms with Gasteiger partial charge in [0.2, 0.25) is 0 Å². The predicted octanol–water partition coefficient (Wildman–Crippen LogP) is 2.34. The van der Waals surface area contributed by atoms with Gasteiger partial charge in [-0.2, -0.15) is 5.26 Å². The standard InChI is InChI=1S/C14H22NO6P/c1-2-3-4-5-9-19-22(17,20-10-6-8-15)21-13-7-11-18-14(13)12-16/h2-4,13-14,16H,1,5-7,9-12H2/b4-3+/i11T. The largest absolute Gasteiger partial charge is 0.475 e. The van der Waals surface area contributed by atoms with Crippen molar-refractivity contribution in [1.82, 2.24) is 0 Å². The molecule has 1 aliphatic heterocycles. The summed E-state index contributed by atoms with van der Waals surface area (Å²) in [5.41, 5.74) is 0. The van der Waals surface area contributed by atoms with Crippen molar-refractivity contribution >= 4 is 7.82 Å². The Bertz CT molecular complexity index is 480. The van der Waals surface area contributed by atoms with Crippen molar-refractivity contribution in [2.75, 3.05) is 26.4 Å². The molecule has 0 aromatic heterocycles. The van der Waals surface area contributed by atoms with Gasteiger partial charge in [-0.1, -0.05) is 24.8 Å². The first-order chi connectivity index (χ1) is 11.0. The van der Waals surface area contributed by atoms with Crippen LogP contribution < -0.4 is 0 Å². The average Bonchev–Trinajstić information content (AvgIpc) is 2.86. The summed E-state index contributed by atoms with van der Waals surface area (Å²) < 4.78 is 41.0. The molecule has 0 amide bonds. The van der Waals surface area contributed by atoms with E-state index in [2.05, 4.69) is 6.58 Å². The fourth-order valence-electron chi connectivity index (χ4n) is 1.68. The summed E-state index contributed by atoms with van der Waals surface area (Å²) >= 11 is 0. The lowest BCUT2D eigenvalue weighted by molar-refractivity contribution is -0.00492. The maximum absolute atomic E-state index is 12.6. The van der Waals surface area contributed by atoms with Gasteiger partial charge in [-0.3, -0.25) is 13.6 Å². The fraction of sp³-hybridized carbons (Fsp3) is 0.643. The normalized spacial score (nSPS) is 28.2. The van der Waals surface area contributed by atoms with E-state index < -0.39 is 26.6 Å². The zero-order chi connectivity index (χ0) is 17.1. The van der Waals surface area contributed by atoms with Crippen LogP contribution in [-0.4, -0.2) is 43.7 Å². The van der Waals surface area contributed by atoms with E-state index in [1.165, 1.54) is 0 Å². The number of ether oxygens (including phenoxy) is 1. The summed E-state index contributed by atoms with van der Waals surface area (Å²) in [6.45, 7) is 2.30. The lowest BCUT2D eigenvalue weighted by atomic mass is 10.2. The van der Waals surface area contributed by atoms with Crippen molar-refractivity contribution in [3.05, 3.63) is 24.8 Å². The van der Waals surface area contributed by atoms with Gasteiger partial charge in [0.1, 0.15) is 12.2 Å². The van der Waals surface area contributed by atoms with Crippen molar-refractivity contribution in [3.8, 4) is 6.07 Å². The molecule has 4 atom stereocenters. The van der Waals surface area contributed by atoms with Crippen molar-refractivity contribution in [2.45, 2.75) is 31.5 Å². The van der Waals surface area contributed by atoms with Crippen LogP contribution in [0.3, 0.4) is 0 Å². The molecule has 124 valence electrons. The molecule has 0 radical (unpaired) electrons. The monoisotopic (exact) mass is 333 g/mol. The molecule has 8 heteroatoms. The molecule has 22 heavy (non-hydrogen) atoms. The van der Waals surface area contributed by atoms with Crippen molar-refractivity contribution in [2.24, 2.45) is 0 Å². The lowest BCUT2D eigenvalue weighted by Crippen LogP contribution is -2.27. The molecule has 1 rings (SSSR count). The first-order valence-corrected chi connectivity index (χ1v) is 8.41. The van der Waals surface area contributed by atoms with E-state index in [9.17, 15) is 9.67 Å². The maximum Gasteiger partial charge on any atom is 0.475 e. The highest BCUT2D eigenvalue weighted by Crippen LogP contribution is 2.52. The van der Waals surface area contributed by atoms with Gasteiger partial charge in [0.25, 0.3) is 0 Å². The summed E-state index contributed by atoms with van der Waals surface area (Å²) in [4.78, 5) is 0. The van der Waals surface area contributed by atoms with Crippen molar-refractivity contribution < 1.29 is 29.4 Å². The van der Waals surface area contributed by atoms with Gasteiger partial charge in [-0.15, -0.1) is 0 Å². The molecule has 0 saturated carbocycles. The van der Waals surface area contributed by atoms with E-state index in [0.717, 1.165) is 0 Å². The minimum absolute atomic E-state index is 0.0404. The molecule has 4 unspecified atom stereocenters. The number of aliphatic hydroxyl groups excluding tert-OH is 1. The van der Waals surface area contributed by atoms with Gasteiger partial charge in [-0.25, -0.2) is 4.57 Å². The summed E-state index contributed by atoms with van der Waals surface area (Å²) in [6, 6.07) is 1.87. The average molecular weight is 333 g/mol. The van der Waals surface area contributed by atoms with E-state index in [4.69, 9.17) is 24.9 Å². The number of hydrogen-bond acceptors (Lipinski definition) is 7. The topological polar surface area (TPSA) is 98.0 Å². The summed E-state index contributed by atoms with van der Waals surface area (Å²) in [6.07, 6.45) is 4.26. The number of allylic oxidation sites excluding steroid dienone is 2. The first kappa shape index (κ1) is 17.4. The molecule has 1 heterocycles. The zero-order valence-electron chi connectivity index (χ0n) is 13.3. The number of nitrogens with zero attached hydrogens (tertiary/aromatic N) is 1. The number of aliphatic hydroxyl groups is 1. The Kier molecular flexibility index (Phi) is 8.43. The second-order valence-electron chi connectivity index (χ2n) is 4.38. The van der Waals surface area contributed by atoms with E-state index in [-0.39, 0.29) is 32.7 Å². The van der Waals surface area contributed by atoms with Crippen LogP contribution in [0, 0.1) is 11.3 Å². The highest BCUT2D eigenvalue weighted by molar-refractivity contribution is 7.48. The maximum atomic E-state index is 12.6. The first-order valence-electron chi connectivity index (χ1n) is 7.53. The Hall–Kier alpha value is -1.00. The lowest BCUT2D eigenvalue weighted by Gasteiger charge is -2.23. The highest BCUT2D eigenvalue weighted by atomic mass is 31.2. The molecule has 1 N–H and O–H groups in total. The van der Waals surface area contributed by atoms with Crippen LogP contribution in [0.5, 0.6) is 0 Å². The molecule has 0 aromatic carbocycles. The quantitative estimate of drug-likeness (QED) is 0.352. The van der Waals surface area contributed by atoms with Crippen molar-refractivity contribution in [1.29, 1.82) is 5.26 Å². The molecular weight excluding hydrogens is 309 g/mol. The number of rotatable bonds is 11. The minimum Gasteiger partial charge on any atom is -0.394 e. The molecular formula is C14H22NO6P. The fourth-order valence-corrected chi connectivity index (χ4v) is 3.07. The van der Waals surface area contributed by atoms with E-state index in [1.807, 2.05) is 6.07 Å². The third-order valence-electron chi connectivity index (χ3n) is 2.73. The SMILES string of the molecule is [3H]C1CC(OP(=O)(OCCC#N)OCC/C=C/C=C)C(CO)O1. The van der Waals surface area contributed by atoms with Crippen LogP contribution in [0.1, 0.15) is 20.6 Å². The summed E-state index contributed by atoms with van der Waals surface area (Å²) in [5.74, 6) is 0. The number of hydrogen-bond donors (Lipinski definition) is 1. The molecule has 7 nitrogen and oxygen atoms in total. The molecule has 0 bridgehead atoms. The Labute approximate surface area is 132 Å². The van der Waals surface area contributed by atoms with Gasteiger partial charge in [0.15, 0.2) is 0 Å². The molecule has 1 aliphatic rings. The summed E-state index contributed by atoms with van der Waals surface area (Å²) in [7, 11) is -3.91. The van der Waals surface area contributed by atoms with Gasteiger partial charge < -0.3 is 9.84 Å². The summed E-state index contributed by atoms with van der Waals surface area (Å²) in [5, 5.41) is 17.8. The Morgan fingerprint density at radius 1 is 1.55 bits per heavy atom. The Morgan fingerprint density at radius 3 is 3.00 bits per heavy atom. The Balaban J connectivity index is 2.62. The third kappa shape index (κ3) is 6.84. The molecule has 1 fully saturated rings. The van der Waals surface area contributed by atoms with Crippen LogP contribution in [-0.2, 0) is 22.9 Å². The van der Waals surface area contributed by atoms with Crippen LogP contribution in [0.25, 0.3) is 0 Å². The van der Waals surface area contributed by atoms with Crippen molar-refractivity contribution in [3.63, 3.8) is 0 Å². The molecule has 0 aromatic rings. The Morgan fingerprint density at radius 2 is 2.32 bits per heavy atom. The smallest absolute Gasteiger partial charge is 0.394 e. The van der Waals surface area contributed by atoms with Gasteiger partial charge in [0, 0.05) is 13.0 Å². The number of nitriles is 1. The second kappa shape index (κ2) is 10.7. The van der Waals surface area contributed by atoms with Crippen LogP contribution >= 0.6 is 7.82 Å². The second-order valence-corrected chi connectivity index (χ2v) is 6.00. The van der Waals surface area contributed by atoms with Gasteiger partial charge in [-0.05, 0) is 6.42 Å². The van der Waals surface area contributed by atoms with E-state index >= 15 is 0 Å². The van der Waals surface area contributed by atoms with Crippen LogP contribution in [0.4, 0.5) is 0 Å². The number of phosphoric acid groups is 1. The highest BCUT2D eigenvalue weighted by Gasteiger charge is 2.37. The van der Waals surface area contributed by atoms with E-state index in [0.29, 0.717) is 6.42 Å². The third-order valence-corrected chi connectivity index (χ3v) is 4.25.